The Labute approximate surface area is 202 Å². The van der Waals surface area contributed by atoms with E-state index in [4.69, 9.17) is 23.2 Å². The first-order valence-electron chi connectivity index (χ1n) is 9.56. The fourth-order valence-corrected chi connectivity index (χ4v) is 5.03. The number of benzene rings is 2. The first-order chi connectivity index (χ1) is 15.9. The lowest BCUT2D eigenvalue weighted by molar-refractivity contribution is -0.137. The van der Waals surface area contributed by atoms with Crippen LogP contribution < -0.4 is 4.72 Å². The quantitative estimate of drug-likeness (QED) is 0.507. The predicted octanol–water partition coefficient (Wildman–Crippen LogP) is 5.81. The third kappa shape index (κ3) is 4.24. The Morgan fingerprint density at radius 2 is 1.62 bits per heavy atom. The fraction of sp³-hybridized carbons (Fsp3) is 0.0909. The number of halogens is 5. The maximum absolute atomic E-state index is 13.2. The van der Waals surface area contributed by atoms with Gasteiger partial charge in [0, 0.05) is 5.70 Å². The number of carbonyl (C=O) groups is 2. The molecule has 1 aliphatic heterocycles. The van der Waals surface area contributed by atoms with E-state index in [2.05, 4.69) is 4.72 Å². The number of hydrogen-bond donors (Lipinski definition) is 1. The van der Waals surface area contributed by atoms with Crippen LogP contribution >= 0.6 is 23.2 Å². The minimum absolute atomic E-state index is 0.0824. The van der Waals surface area contributed by atoms with Crippen LogP contribution in [-0.4, -0.2) is 25.1 Å². The maximum Gasteiger partial charge on any atom is 0.417 e. The number of amides is 2. The molecule has 0 saturated heterocycles. The van der Waals surface area contributed by atoms with E-state index in [1.165, 1.54) is 12.1 Å². The van der Waals surface area contributed by atoms with Gasteiger partial charge in [0.15, 0.2) is 0 Å². The lowest BCUT2D eigenvalue weighted by Gasteiger charge is -2.15. The van der Waals surface area contributed by atoms with Crippen LogP contribution in [0.1, 0.15) is 32.7 Å². The highest BCUT2D eigenvalue weighted by Gasteiger charge is 2.42. The highest BCUT2D eigenvalue weighted by molar-refractivity contribution is 7.92. The van der Waals surface area contributed by atoms with Crippen molar-refractivity contribution in [1.82, 2.24) is 4.90 Å². The van der Waals surface area contributed by atoms with Gasteiger partial charge in [-0.05, 0) is 42.8 Å². The summed E-state index contributed by atoms with van der Waals surface area (Å²) >= 11 is 11.7. The monoisotopic (exact) mass is 528 g/mol. The van der Waals surface area contributed by atoms with Gasteiger partial charge in [0.25, 0.3) is 21.8 Å². The van der Waals surface area contributed by atoms with Crippen LogP contribution in [0.2, 0.25) is 10.0 Å². The number of imide groups is 1. The van der Waals surface area contributed by atoms with Gasteiger partial charge < -0.3 is 0 Å². The summed E-state index contributed by atoms with van der Waals surface area (Å²) in [6, 6.07) is 4.46. The van der Waals surface area contributed by atoms with E-state index >= 15 is 0 Å². The van der Waals surface area contributed by atoms with Crippen LogP contribution in [0.5, 0.6) is 0 Å². The van der Waals surface area contributed by atoms with Gasteiger partial charge in [0.1, 0.15) is 0 Å². The summed E-state index contributed by atoms with van der Waals surface area (Å²) in [5.41, 5.74) is -1.90. The molecule has 0 unspecified atom stereocenters. The number of anilines is 1. The standard InChI is InChI=1S/C22H13Cl2F3N2O4S/c23-15-8-7-13(11-14(15)22(25,26)27)34(32,33)28-17-10-9-16(24)18-19(17)21(31)29(20(18)30)12-5-3-1-2-4-6-12/h1-3,5-11,28H,4H2. The molecule has 2 aromatic rings. The van der Waals surface area contributed by atoms with E-state index in [-0.39, 0.29) is 27.5 Å². The molecule has 2 aliphatic rings. The van der Waals surface area contributed by atoms with Gasteiger partial charge >= 0.3 is 6.18 Å². The van der Waals surface area contributed by atoms with Crippen LogP contribution in [-0.2, 0) is 16.2 Å². The first kappa shape index (κ1) is 24.1. The van der Waals surface area contributed by atoms with Crippen molar-refractivity contribution in [2.45, 2.75) is 17.5 Å². The van der Waals surface area contributed by atoms with Gasteiger partial charge in [-0.15, -0.1) is 0 Å². The van der Waals surface area contributed by atoms with E-state index in [0.717, 1.165) is 23.1 Å². The molecule has 1 heterocycles. The van der Waals surface area contributed by atoms with Crippen LogP contribution in [0.4, 0.5) is 18.9 Å². The van der Waals surface area contributed by atoms with Crippen molar-refractivity contribution in [3.8, 4) is 0 Å². The van der Waals surface area contributed by atoms with Gasteiger partial charge in [-0.25, -0.2) is 13.3 Å². The topological polar surface area (TPSA) is 83.5 Å². The average molecular weight is 529 g/mol. The number of nitrogens with one attached hydrogen (secondary N) is 1. The number of nitrogens with zero attached hydrogens (tertiary/aromatic N) is 1. The van der Waals surface area contributed by atoms with Crippen LogP contribution in [0.15, 0.2) is 71.3 Å². The zero-order valence-electron chi connectivity index (χ0n) is 16.9. The molecule has 1 N–H and O–H groups in total. The summed E-state index contributed by atoms with van der Waals surface area (Å²) in [6.07, 6.45) is 3.89. The lowest BCUT2D eigenvalue weighted by atomic mass is 10.1. The van der Waals surface area contributed by atoms with Crippen molar-refractivity contribution >= 4 is 50.7 Å². The Hall–Kier alpha value is -3.08. The minimum atomic E-state index is -4.89. The Bertz CT molecular complexity index is 1430. The summed E-state index contributed by atoms with van der Waals surface area (Å²) in [7, 11) is -4.61. The second-order valence-corrected chi connectivity index (χ2v) is 9.68. The Morgan fingerprint density at radius 1 is 0.941 bits per heavy atom. The number of allylic oxidation sites excluding steroid dienone is 5. The highest BCUT2D eigenvalue weighted by Crippen LogP contribution is 2.39. The van der Waals surface area contributed by atoms with E-state index in [1.54, 1.807) is 24.3 Å². The molecular weight excluding hydrogens is 516 g/mol. The summed E-state index contributed by atoms with van der Waals surface area (Å²) in [5, 5.41) is -0.754. The van der Waals surface area contributed by atoms with Crippen molar-refractivity contribution in [3.05, 3.63) is 93.1 Å². The Kier molecular flexibility index (Phi) is 6.09. The molecule has 2 aromatic carbocycles. The third-order valence-corrected chi connectivity index (χ3v) is 7.03. The molecule has 0 atom stereocenters. The molecule has 4 rings (SSSR count). The average Bonchev–Trinajstić information content (AvgIpc) is 2.90. The van der Waals surface area contributed by atoms with E-state index < -0.39 is 43.5 Å². The number of sulfonamides is 1. The molecule has 1 aliphatic carbocycles. The normalized spacial score (nSPS) is 15.9. The number of carbonyl (C=O) groups excluding carboxylic acids is 2. The fourth-order valence-electron chi connectivity index (χ4n) is 3.47. The summed E-state index contributed by atoms with van der Waals surface area (Å²) in [4.78, 5) is 26.4. The molecule has 2 amide bonds. The van der Waals surface area contributed by atoms with Crippen molar-refractivity contribution < 1.29 is 31.2 Å². The first-order valence-corrected chi connectivity index (χ1v) is 11.8. The Morgan fingerprint density at radius 3 is 2.32 bits per heavy atom. The number of hydrogen-bond acceptors (Lipinski definition) is 4. The molecule has 6 nitrogen and oxygen atoms in total. The van der Waals surface area contributed by atoms with Gasteiger partial charge in [0.05, 0.1) is 37.3 Å². The molecule has 0 aromatic heterocycles. The second-order valence-electron chi connectivity index (χ2n) is 7.19. The molecule has 12 heteroatoms. The summed E-state index contributed by atoms with van der Waals surface area (Å²) in [5.74, 6) is -1.58. The van der Waals surface area contributed by atoms with Crippen LogP contribution in [0.25, 0.3) is 0 Å². The van der Waals surface area contributed by atoms with Crippen molar-refractivity contribution in [2.24, 2.45) is 0 Å². The molecule has 0 fully saturated rings. The van der Waals surface area contributed by atoms with Crippen molar-refractivity contribution in [1.29, 1.82) is 0 Å². The van der Waals surface area contributed by atoms with Gasteiger partial charge in [-0.3, -0.25) is 14.3 Å². The predicted molar refractivity (Wildman–Crippen MR) is 120 cm³/mol. The molecule has 0 bridgehead atoms. The number of rotatable bonds is 4. The van der Waals surface area contributed by atoms with Gasteiger partial charge in [-0.1, -0.05) is 47.5 Å². The van der Waals surface area contributed by atoms with Gasteiger partial charge in [0.2, 0.25) is 0 Å². The zero-order valence-corrected chi connectivity index (χ0v) is 19.2. The number of alkyl halides is 3. The van der Waals surface area contributed by atoms with E-state index in [9.17, 15) is 31.2 Å². The lowest BCUT2D eigenvalue weighted by Crippen LogP contribution is -2.28. The van der Waals surface area contributed by atoms with Gasteiger partial charge in [-0.2, -0.15) is 13.2 Å². The molecule has 0 saturated carbocycles. The Balaban J connectivity index is 1.77. The third-order valence-electron chi connectivity index (χ3n) is 5.02. The largest absolute Gasteiger partial charge is 0.417 e. The maximum atomic E-state index is 13.2. The van der Waals surface area contributed by atoms with Crippen molar-refractivity contribution in [3.63, 3.8) is 0 Å². The SMILES string of the molecule is O=C1c2c(Cl)ccc(NS(=O)(=O)c3ccc(Cl)c(C(F)(F)F)c3)c2C(=O)N1C1=CCC=CC=C1. The molecule has 176 valence electrons. The van der Waals surface area contributed by atoms with E-state index in [0.29, 0.717) is 12.5 Å². The minimum Gasteiger partial charge on any atom is -0.279 e. The highest BCUT2D eigenvalue weighted by atomic mass is 35.5. The number of fused-ring (bicyclic) bond motifs is 1. The summed E-state index contributed by atoms with van der Waals surface area (Å²) < 4.78 is 67.5. The molecular formula is C22H13Cl2F3N2O4S. The smallest absolute Gasteiger partial charge is 0.279 e. The zero-order chi connectivity index (χ0) is 24.8. The van der Waals surface area contributed by atoms with Crippen LogP contribution in [0, 0.1) is 0 Å². The van der Waals surface area contributed by atoms with Crippen molar-refractivity contribution in [2.75, 3.05) is 4.72 Å². The second kappa shape index (κ2) is 8.61. The molecule has 34 heavy (non-hydrogen) atoms. The molecule has 0 radical (unpaired) electrons. The van der Waals surface area contributed by atoms with Crippen LogP contribution in [0.3, 0.4) is 0 Å². The van der Waals surface area contributed by atoms with E-state index in [1.807, 2.05) is 0 Å². The molecule has 0 spiro atoms. The summed E-state index contributed by atoms with van der Waals surface area (Å²) in [6.45, 7) is 0.